The van der Waals surface area contributed by atoms with Gasteiger partial charge in [-0.05, 0) is 24.3 Å². The Hall–Kier alpha value is -1.96. The van der Waals surface area contributed by atoms with Crippen molar-refractivity contribution in [2.45, 2.75) is 6.36 Å². The first kappa shape index (κ1) is 14.1. The second kappa shape index (κ2) is 6.10. The normalized spacial score (nSPS) is 10.9. The lowest BCUT2D eigenvalue weighted by atomic mass is 10.3. The van der Waals surface area contributed by atoms with Crippen LogP contribution in [0.4, 0.5) is 23.7 Å². The molecule has 100 valence electrons. The number of ether oxygens (including phenoxy) is 1. The lowest BCUT2D eigenvalue weighted by Crippen LogP contribution is -2.30. The minimum absolute atomic E-state index is 0.0844. The van der Waals surface area contributed by atoms with Crippen LogP contribution in [0.25, 0.3) is 0 Å². The maximum absolute atomic E-state index is 11.9. The number of alkyl halides is 3. The molecule has 0 aliphatic carbocycles. The first-order valence-electron chi connectivity index (χ1n) is 4.92. The Labute approximate surface area is 101 Å². The molecule has 1 aromatic carbocycles. The van der Waals surface area contributed by atoms with Crippen LogP contribution in [0.2, 0.25) is 0 Å². The van der Waals surface area contributed by atoms with E-state index in [1.807, 2.05) is 0 Å². The van der Waals surface area contributed by atoms with Gasteiger partial charge in [-0.3, -0.25) is 0 Å². The van der Waals surface area contributed by atoms with Crippen LogP contribution in [0.1, 0.15) is 0 Å². The summed E-state index contributed by atoms with van der Waals surface area (Å²) in [5.74, 6) is -0.371. The molecule has 18 heavy (non-hydrogen) atoms. The predicted octanol–water partition coefficient (Wildman–Crippen LogP) is 1.70. The predicted molar refractivity (Wildman–Crippen MR) is 57.2 cm³/mol. The minimum atomic E-state index is -4.74. The Balaban J connectivity index is 2.52. The zero-order chi connectivity index (χ0) is 13.6. The van der Waals surface area contributed by atoms with Gasteiger partial charge in [0.05, 0.1) is 6.61 Å². The quantitative estimate of drug-likeness (QED) is 0.775. The van der Waals surface area contributed by atoms with Gasteiger partial charge in [0.15, 0.2) is 0 Å². The van der Waals surface area contributed by atoms with Gasteiger partial charge in [0.25, 0.3) is 0 Å². The number of carbonyl (C=O) groups is 1. The van der Waals surface area contributed by atoms with E-state index in [-0.39, 0.29) is 18.9 Å². The summed E-state index contributed by atoms with van der Waals surface area (Å²) < 4.78 is 39.3. The van der Waals surface area contributed by atoms with Gasteiger partial charge in [-0.15, -0.1) is 13.2 Å². The lowest BCUT2D eigenvalue weighted by Gasteiger charge is -2.10. The van der Waals surface area contributed by atoms with Crippen LogP contribution >= 0.6 is 0 Å². The third kappa shape index (κ3) is 5.39. The SMILES string of the molecule is O=C(NCCO)Nc1ccc(OC(F)(F)F)cc1. The molecule has 5 nitrogen and oxygen atoms in total. The van der Waals surface area contributed by atoms with Gasteiger partial charge in [-0.1, -0.05) is 0 Å². The van der Waals surface area contributed by atoms with Gasteiger partial charge in [0.2, 0.25) is 0 Å². The van der Waals surface area contributed by atoms with E-state index in [9.17, 15) is 18.0 Å². The Bertz CT molecular complexity index is 392. The van der Waals surface area contributed by atoms with E-state index < -0.39 is 12.4 Å². The van der Waals surface area contributed by atoms with Crippen molar-refractivity contribution >= 4 is 11.7 Å². The van der Waals surface area contributed by atoms with Gasteiger partial charge in [-0.25, -0.2) is 4.79 Å². The van der Waals surface area contributed by atoms with Crippen molar-refractivity contribution in [1.29, 1.82) is 0 Å². The van der Waals surface area contributed by atoms with Crippen LogP contribution in [0.15, 0.2) is 24.3 Å². The molecule has 0 aromatic heterocycles. The number of rotatable bonds is 4. The standard InChI is InChI=1S/C10H11F3N2O3/c11-10(12,13)18-8-3-1-7(2-4-8)15-9(17)14-5-6-16/h1-4,16H,5-6H2,(H2,14,15,17). The highest BCUT2D eigenvalue weighted by Gasteiger charge is 2.30. The molecule has 0 unspecified atom stereocenters. The minimum Gasteiger partial charge on any atom is -0.406 e. The van der Waals surface area contributed by atoms with E-state index in [1.165, 1.54) is 12.1 Å². The molecule has 0 atom stereocenters. The van der Waals surface area contributed by atoms with Crippen molar-refractivity contribution in [3.8, 4) is 5.75 Å². The molecule has 0 saturated heterocycles. The summed E-state index contributed by atoms with van der Waals surface area (Å²) in [6.07, 6.45) is -4.74. The Morgan fingerprint density at radius 2 is 1.89 bits per heavy atom. The first-order valence-corrected chi connectivity index (χ1v) is 4.92. The number of carbonyl (C=O) groups excluding carboxylic acids is 1. The highest BCUT2D eigenvalue weighted by Crippen LogP contribution is 2.23. The molecule has 0 saturated carbocycles. The Kier molecular flexibility index (Phi) is 4.78. The molecule has 0 spiro atoms. The zero-order valence-electron chi connectivity index (χ0n) is 9.12. The summed E-state index contributed by atoms with van der Waals surface area (Å²) in [4.78, 5) is 11.1. The van der Waals surface area contributed by atoms with Crippen LogP contribution < -0.4 is 15.4 Å². The van der Waals surface area contributed by atoms with Crippen LogP contribution in [0.3, 0.4) is 0 Å². The number of benzene rings is 1. The van der Waals surface area contributed by atoms with Gasteiger partial charge in [0, 0.05) is 12.2 Å². The number of hydrogen-bond donors (Lipinski definition) is 3. The highest BCUT2D eigenvalue weighted by molar-refractivity contribution is 5.89. The van der Waals surface area contributed by atoms with E-state index in [2.05, 4.69) is 15.4 Å². The maximum atomic E-state index is 11.9. The second-order valence-corrected chi connectivity index (χ2v) is 3.18. The Morgan fingerprint density at radius 3 is 2.39 bits per heavy atom. The zero-order valence-corrected chi connectivity index (χ0v) is 9.12. The molecular weight excluding hydrogens is 253 g/mol. The summed E-state index contributed by atoms with van der Waals surface area (Å²) in [6.45, 7) is -0.118. The number of urea groups is 1. The molecule has 0 aliphatic heterocycles. The lowest BCUT2D eigenvalue weighted by molar-refractivity contribution is -0.274. The van der Waals surface area contributed by atoms with Crippen molar-refractivity contribution in [3.63, 3.8) is 0 Å². The molecule has 2 amide bonds. The largest absolute Gasteiger partial charge is 0.573 e. The monoisotopic (exact) mass is 264 g/mol. The first-order chi connectivity index (χ1) is 8.40. The van der Waals surface area contributed by atoms with Crippen LogP contribution in [0, 0.1) is 0 Å². The summed E-state index contributed by atoms with van der Waals surface area (Å²) in [5, 5.41) is 13.2. The third-order valence-electron chi connectivity index (χ3n) is 1.74. The highest BCUT2D eigenvalue weighted by atomic mass is 19.4. The molecule has 0 bridgehead atoms. The van der Waals surface area contributed by atoms with E-state index >= 15 is 0 Å². The van der Waals surface area contributed by atoms with Crippen molar-refractivity contribution in [1.82, 2.24) is 5.32 Å². The van der Waals surface area contributed by atoms with Crippen molar-refractivity contribution in [2.24, 2.45) is 0 Å². The number of aliphatic hydroxyl groups excluding tert-OH is 1. The molecule has 3 N–H and O–H groups in total. The number of nitrogens with one attached hydrogen (secondary N) is 2. The van der Waals surface area contributed by atoms with Crippen molar-refractivity contribution in [2.75, 3.05) is 18.5 Å². The summed E-state index contributed by atoms with van der Waals surface area (Å²) in [5.41, 5.74) is 0.306. The molecule has 0 radical (unpaired) electrons. The van der Waals surface area contributed by atoms with Crippen LogP contribution in [-0.2, 0) is 0 Å². The fraction of sp³-hybridized carbons (Fsp3) is 0.300. The van der Waals surface area contributed by atoms with Gasteiger partial charge < -0.3 is 20.5 Å². The molecule has 0 fully saturated rings. The average molecular weight is 264 g/mol. The molecule has 1 rings (SSSR count). The Morgan fingerprint density at radius 1 is 1.28 bits per heavy atom. The van der Waals surface area contributed by atoms with E-state index in [0.29, 0.717) is 5.69 Å². The van der Waals surface area contributed by atoms with Crippen molar-refractivity contribution in [3.05, 3.63) is 24.3 Å². The molecular formula is C10H11F3N2O3. The number of hydrogen-bond acceptors (Lipinski definition) is 3. The van der Waals surface area contributed by atoms with E-state index in [1.54, 1.807) is 0 Å². The van der Waals surface area contributed by atoms with Gasteiger partial charge in [0.1, 0.15) is 5.75 Å². The molecule has 8 heteroatoms. The molecule has 0 heterocycles. The number of anilines is 1. The van der Waals surface area contributed by atoms with E-state index in [4.69, 9.17) is 5.11 Å². The summed E-state index contributed by atoms with van der Waals surface area (Å²) >= 11 is 0. The van der Waals surface area contributed by atoms with Gasteiger partial charge >= 0.3 is 12.4 Å². The fourth-order valence-electron chi connectivity index (χ4n) is 1.08. The average Bonchev–Trinajstić information content (AvgIpc) is 2.27. The summed E-state index contributed by atoms with van der Waals surface area (Å²) in [6, 6.07) is 4.12. The molecule has 0 aliphatic rings. The smallest absolute Gasteiger partial charge is 0.406 e. The summed E-state index contributed by atoms with van der Waals surface area (Å²) in [7, 11) is 0. The second-order valence-electron chi connectivity index (χ2n) is 3.18. The van der Waals surface area contributed by atoms with Crippen LogP contribution in [-0.4, -0.2) is 30.7 Å². The number of aliphatic hydroxyl groups is 1. The topological polar surface area (TPSA) is 70.6 Å². The maximum Gasteiger partial charge on any atom is 0.573 e. The number of halogens is 3. The van der Waals surface area contributed by atoms with Crippen LogP contribution in [0.5, 0.6) is 5.75 Å². The van der Waals surface area contributed by atoms with Gasteiger partial charge in [-0.2, -0.15) is 0 Å². The van der Waals surface area contributed by atoms with Crippen molar-refractivity contribution < 1.29 is 27.8 Å². The van der Waals surface area contributed by atoms with E-state index in [0.717, 1.165) is 12.1 Å². The number of amides is 2. The fourth-order valence-corrected chi connectivity index (χ4v) is 1.08. The third-order valence-corrected chi connectivity index (χ3v) is 1.74. The molecule has 1 aromatic rings.